The van der Waals surface area contributed by atoms with Gasteiger partial charge < -0.3 is 23.5 Å². The van der Waals surface area contributed by atoms with Gasteiger partial charge in [-0.2, -0.15) is 0 Å². The van der Waals surface area contributed by atoms with Crippen molar-refractivity contribution in [1.29, 1.82) is 0 Å². The summed E-state index contributed by atoms with van der Waals surface area (Å²) in [5, 5.41) is 0.422. The lowest BCUT2D eigenvalue weighted by Crippen LogP contribution is -2.48. The fraction of sp³-hybridized carbons (Fsp3) is 0.304. The van der Waals surface area contributed by atoms with E-state index in [4.69, 9.17) is 18.6 Å². The molecule has 0 bridgehead atoms. The van der Waals surface area contributed by atoms with Gasteiger partial charge in [0.15, 0.2) is 22.7 Å². The van der Waals surface area contributed by atoms with Crippen LogP contribution in [0.2, 0.25) is 0 Å². The van der Waals surface area contributed by atoms with Gasteiger partial charge in [0.05, 0.1) is 12.5 Å². The third-order valence-corrected chi connectivity index (χ3v) is 5.65. The SMILES string of the molecule is COc1ccc2c(=O)cc(C(=O)N3CCN(Cc4ccc5c(c4)OCO5)CC3)oc2c1. The summed E-state index contributed by atoms with van der Waals surface area (Å²) in [6.45, 7) is 3.60. The molecule has 0 aliphatic carbocycles. The van der Waals surface area contributed by atoms with Gasteiger partial charge in [0.2, 0.25) is 6.79 Å². The smallest absolute Gasteiger partial charge is 0.289 e. The second-order valence-corrected chi connectivity index (χ2v) is 7.59. The molecule has 0 atom stereocenters. The van der Waals surface area contributed by atoms with Crippen molar-refractivity contribution in [3.63, 3.8) is 0 Å². The van der Waals surface area contributed by atoms with E-state index in [1.165, 1.54) is 13.2 Å². The molecule has 0 radical (unpaired) electrons. The van der Waals surface area contributed by atoms with Crippen molar-refractivity contribution in [2.24, 2.45) is 0 Å². The quantitative estimate of drug-likeness (QED) is 0.639. The van der Waals surface area contributed by atoms with Crippen LogP contribution in [0.1, 0.15) is 16.1 Å². The Labute approximate surface area is 178 Å². The van der Waals surface area contributed by atoms with E-state index in [9.17, 15) is 9.59 Å². The molecule has 2 aliphatic rings. The Balaban J connectivity index is 1.26. The van der Waals surface area contributed by atoms with Gasteiger partial charge in [0.25, 0.3) is 5.91 Å². The van der Waals surface area contributed by atoms with Crippen LogP contribution in [0.3, 0.4) is 0 Å². The van der Waals surface area contributed by atoms with E-state index >= 15 is 0 Å². The maximum atomic E-state index is 13.0. The normalized spacial score (nSPS) is 16.0. The molecular formula is C23H22N2O6. The number of benzene rings is 2. The highest BCUT2D eigenvalue weighted by Crippen LogP contribution is 2.33. The van der Waals surface area contributed by atoms with Gasteiger partial charge in [-0.05, 0) is 29.8 Å². The lowest BCUT2D eigenvalue weighted by Gasteiger charge is -2.34. The molecule has 5 rings (SSSR count). The third-order valence-electron chi connectivity index (χ3n) is 5.65. The number of piperazine rings is 1. The van der Waals surface area contributed by atoms with Gasteiger partial charge in [-0.3, -0.25) is 14.5 Å². The minimum atomic E-state index is -0.274. The molecule has 1 fully saturated rings. The standard InChI is InChI=1S/C23H22N2O6/c1-28-16-3-4-17-18(26)12-22(31-20(17)11-16)23(27)25-8-6-24(7-9-25)13-15-2-5-19-21(10-15)30-14-29-19/h2-5,10-12H,6-9,13-14H2,1H3. The Hall–Kier alpha value is -3.52. The number of hydrogen-bond acceptors (Lipinski definition) is 7. The predicted molar refractivity (Wildman–Crippen MR) is 113 cm³/mol. The van der Waals surface area contributed by atoms with Crippen molar-refractivity contribution in [2.75, 3.05) is 40.1 Å². The molecule has 3 heterocycles. The van der Waals surface area contributed by atoms with Gasteiger partial charge in [-0.1, -0.05) is 6.07 Å². The Kier molecular flexibility index (Phi) is 4.99. The highest BCUT2D eigenvalue weighted by Gasteiger charge is 2.25. The Bertz CT molecular complexity index is 1200. The maximum absolute atomic E-state index is 13.0. The Morgan fingerprint density at radius 2 is 1.81 bits per heavy atom. The zero-order valence-corrected chi connectivity index (χ0v) is 17.1. The molecule has 2 aromatic carbocycles. The summed E-state index contributed by atoms with van der Waals surface area (Å²) in [6, 6.07) is 12.2. The van der Waals surface area contributed by atoms with Crippen molar-refractivity contribution >= 4 is 16.9 Å². The van der Waals surface area contributed by atoms with Crippen LogP contribution in [0.25, 0.3) is 11.0 Å². The fourth-order valence-corrected chi connectivity index (χ4v) is 3.93. The van der Waals surface area contributed by atoms with E-state index in [2.05, 4.69) is 4.90 Å². The number of fused-ring (bicyclic) bond motifs is 2. The van der Waals surface area contributed by atoms with Gasteiger partial charge in [0.1, 0.15) is 11.3 Å². The van der Waals surface area contributed by atoms with Gasteiger partial charge in [-0.25, -0.2) is 0 Å². The summed E-state index contributed by atoms with van der Waals surface area (Å²) in [7, 11) is 1.54. The number of nitrogens with zero attached hydrogens (tertiary/aromatic N) is 2. The second-order valence-electron chi connectivity index (χ2n) is 7.59. The van der Waals surface area contributed by atoms with Crippen LogP contribution in [0.15, 0.2) is 51.7 Å². The summed E-state index contributed by atoms with van der Waals surface area (Å²) in [4.78, 5) is 29.4. The van der Waals surface area contributed by atoms with Gasteiger partial charge in [-0.15, -0.1) is 0 Å². The van der Waals surface area contributed by atoms with Gasteiger partial charge in [0, 0.05) is 44.9 Å². The van der Waals surface area contributed by atoms with E-state index in [0.29, 0.717) is 29.8 Å². The number of carbonyl (C=O) groups excluding carboxylic acids is 1. The second kappa shape index (κ2) is 7.96. The average molecular weight is 422 g/mol. The van der Waals surface area contributed by atoms with Crippen molar-refractivity contribution in [3.05, 3.63) is 64.0 Å². The first-order valence-electron chi connectivity index (χ1n) is 10.1. The van der Waals surface area contributed by atoms with Crippen LogP contribution in [0.5, 0.6) is 17.2 Å². The van der Waals surface area contributed by atoms with Crippen LogP contribution in [-0.4, -0.2) is 55.8 Å². The maximum Gasteiger partial charge on any atom is 0.289 e. The number of methoxy groups -OCH3 is 1. The molecular weight excluding hydrogens is 400 g/mol. The lowest BCUT2D eigenvalue weighted by atomic mass is 10.1. The summed E-state index contributed by atoms with van der Waals surface area (Å²) in [6.07, 6.45) is 0. The van der Waals surface area contributed by atoms with Crippen molar-refractivity contribution in [2.45, 2.75) is 6.54 Å². The monoisotopic (exact) mass is 422 g/mol. The van der Waals surface area contributed by atoms with Crippen LogP contribution in [-0.2, 0) is 6.54 Å². The highest BCUT2D eigenvalue weighted by atomic mass is 16.7. The molecule has 31 heavy (non-hydrogen) atoms. The molecule has 0 N–H and O–H groups in total. The highest BCUT2D eigenvalue weighted by molar-refractivity contribution is 5.93. The van der Waals surface area contributed by atoms with Crippen LogP contribution < -0.4 is 19.6 Å². The van der Waals surface area contributed by atoms with Crippen LogP contribution in [0, 0.1) is 0 Å². The Morgan fingerprint density at radius 1 is 1.00 bits per heavy atom. The molecule has 8 heteroatoms. The minimum absolute atomic E-state index is 0.0509. The molecule has 0 saturated carbocycles. The number of ether oxygens (including phenoxy) is 3. The molecule has 8 nitrogen and oxygen atoms in total. The zero-order chi connectivity index (χ0) is 21.4. The first-order valence-corrected chi connectivity index (χ1v) is 10.1. The Morgan fingerprint density at radius 3 is 2.61 bits per heavy atom. The first kappa shape index (κ1) is 19.4. The summed E-state index contributed by atoms with van der Waals surface area (Å²) in [5.74, 6) is 1.89. The van der Waals surface area contributed by atoms with E-state index in [-0.39, 0.29) is 23.9 Å². The summed E-state index contributed by atoms with van der Waals surface area (Å²) < 4.78 is 21.7. The fourth-order valence-electron chi connectivity index (χ4n) is 3.93. The zero-order valence-electron chi connectivity index (χ0n) is 17.1. The summed E-state index contributed by atoms with van der Waals surface area (Å²) in [5.41, 5.74) is 1.24. The average Bonchev–Trinajstić information content (AvgIpc) is 3.26. The number of carbonyl (C=O) groups is 1. The minimum Gasteiger partial charge on any atom is -0.497 e. The molecule has 160 valence electrons. The molecule has 0 spiro atoms. The third kappa shape index (κ3) is 3.82. The topological polar surface area (TPSA) is 81.5 Å². The van der Waals surface area contributed by atoms with Crippen molar-refractivity contribution in [3.8, 4) is 17.2 Å². The van der Waals surface area contributed by atoms with Gasteiger partial charge >= 0.3 is 0 Å². The van der Waals surface area contributed by atoms with Crippen molar-refractivity contribution < 1.29 is 23.4 Å². The predicted octanol–water partition coefficient (Wildman–Crippen LogP) is 2.49. The molecule has 2 aliphatic heterocycles. The molecule has 0 unspecified atom stereocenters. The molecule has 1 amide bonds. The lowest BCUT2D eigenvalue weighted by molar-refractivity contribution is 0.0598. The number of amides is 1. The molecule has 3 aromatic rings. The molecule has 1 saturated heterocycles. The van der Waals surface area contributed by atoms with E-state index in [1.807, 2.05) is 18.2 Å². The van der Waals surface area contributed by atoms with E-state index in [0.717, 1.165) is 36.7 Å². The van der Waals surface area contributed by atoms with E-state index < -0.39 is 0 Å². The van der Waals surface area contributed by atoms with Crippen LogP contribution in [0.4, 0.5) is 0 Å². The number of hydrogen-bond donors (Lipinski definition) is 0. The molecule has 1 aromatic heterocycles. The largest absolute Gasteiger partial charge is 0.497 e. The summed E-state index contributed by atoms with van der Waals surface area (Å²) >= 11 is 0. The van der Waals surface area contributed by atoms with Crippen LogP contribution >= 0.6 is 0 Å². The van der Waals surface area contributed by atoms with E-state index in [1.54, 1.807) is 23.1 Å². The first-order chi connectivity index (χ1) is 15.1. The van der Waals surface area contributed by atoms with Crippen molar-refractivity contribution in [1.82, 2.24) is 9.80 Å². The number of rotatable bonds is 4.